The van der Waals surface area contributed by atoms with E-state index in [1.165, 1.54) is 18.2 Å². The van der Waals surface area contributed by atoms with Crippen molar-refractivity contribution >= 4 is 23.4 Å². The van der Waals surface area contributed by atoms with Gasteiger partial charge in [-0.05, 0) is 30.7 Å². The molecule has 0 aliphatic carbocycles. The number of carbonyl (C=O) groups excluding carboxylic acids is 2. The average molecular weight is 508 g/mol. The zero-order valence-corrected chi connectivity index (χ0v) is 20.3. The van der Waals surface area contributed by atoms with Crippen molar-refractivity contribution in [2.24, 2.45) is 0 Å². The lowest BCUT2D eigenvalue weighted by atomic mass is 9.94. The SMILES string of the molecule is Cc1onc(-c2c(F)cccc2Cl)c1C(=O)N1CCC2(CC1)NCC(=O)N2Cc1ccccc1C#N. The highest BCUT2D eigenvalue weighted by Gasteiger charge is 2.47. The summed E-state index contributed by atoms with van der Waals surface area (Å²) in [5.41, 5.74) is 0.970. The number of hydrogen-bond donors (Lipinski definition) is 1. The standard InChI is InChI=1S/C26H23ClFN5O3/c1-16-22(24(31-36-16)23-19(27)7-4-8-20(23)28)25(35)32-11-9-26(10-12-32)30-14-21(34)33(26)15-18-6-3-2-5-17(18)13-29/h2-8,30H,9-12,14-15H2,1H3. The summed E-state index contributed by atoms with van der Waals surface area (Å²) < 4.78 is 19.9. The maximum Gasteiger partial charge on any atom is 0.259 e. The Balaban J connectivity index is 1.37. The van der Waals surface area contributed by atoms with Gasteiger partial charge in [-0.2, -0.15) is 5.26 Å². The van der Waals surface area contributed by atoms with Crippen molar-refractivity contribution in [2.45, 2.75) is 32.0 Å². The van der Waals surface area contributed by atoms with Crippen molar-refractivity contribution in [3.05, 3.63) is 75.8 Å². The predicted molar refractivity (Wildman–Crippen MR) is 129 cm³/mol. The summed E-state index contributed by atoms with van der Waals surface area (Å²) in [5, 5.41) is 16.9. The van der Waals surface area contributed by atoms with Gasteiger partial charge in [0.05, 0.1) is 34.4 Å². The number of likely N-dealkylation sites (tertiary alicyclic amines) is 1. The molecule has 5 rings (SSSR count). The van der Waals surface area contributed by atoms with Crippen molar-refractivity contribution in [3.8, 4) is 17.3 Å². The molecule has 0 bridgehead atoms. The molecule has 2 aliphatic heterocycles. The fourth-order valence-electron chi connectivity index (χ4n) is 5.05. The quantitative estimate of drug-likeness (QED) is 0.575. The van der Waals surface area contributed by atoms with Crippen LogP contribution in [0.1, 0.15) is 40.1 Å². The number of piperidine rings is 1. The van der Waals surface area contributed by atoms with Gasteiger partial charge in [0.2, 0.25) is 5.91 Å². The molecule has 2 amide bonds. The summed E-state index contributed by atoms with van der Waals surface area (Å²) in [5.74, 6) is -0.694. The highest BCUT2D eigenvalue weighted by molar-refractivity contribution is 6.33. The third kappa shape index (κ3) is 4.02. The normalized spacial score (nSPS) is 17.0. The summed E-state index contributed by atoms with van der Waals surface area (Å²) in [6, 6.07) is 13.7. The van der Waals surface area contributed by atoms with Gasteiger partial charge < -0.3 is 14.3 Å². The molecule has 1 aromatic heterocycles. The molecule has 1 N–H and O–H groups in total. The van der Waals surface area contributed by atoms with E-state index < -0.39 is 11.5 Å². The van der Waals surface area contributed by atoms with Crippen molar-refractivity contribution in [1.82, 2.24) is 20.3 Å². The van der Waals surface area contributed by atoms with Gasteiger partial charge in [-0.25, -0.2) is 4.39 Å². The first-order valence-electron chi connectivity index (χ1n) is 11.6. The minimum atomic E-state index is -0.613. The maximum absolute atomic E-state index is 14.6. The minimum absolute atomic E-state index is 0.0261. The Morgan fingerprint density at radius 1 is 1.25 bits per heavy atom. The van der Waals surface area contributed by atoms with Crippen LogP contribution in [0.15, 0.2) is 47.0 Å². The van der Waals surface area contributed by atoms with Crippen LogP contribution in [0.5, 0.6) is 0 Å². The van der Waals surface area contributed by atoms with Crippen LogP contribution in [0.3, 0.4) is 0 Å². The number of benzene rings is 2. The lowest BCUT2D eigenvalue weighted by Gasteiger charge is -2.44. The van der Waals surface area contributed by atoms with Crippen molar-refractivity contribution in [1.29, 1.82) is 5.26 Å². The number of nitriles is 1. The molecule has 2 aliphatic rings. The minimum Gasteiger partial charge on any atom is -0.360 e. The number of carbonyl (C=O) groups is 2. The second-order valence-corrected chi connectivity index (χ2v) is 9.39. The molecule has 2 aromatic carbocycles. The van der Waals surface area contributed by atoms with E-state index in [1.54, 1.807) is 28.9 Å². The van der Waals surface area contributed by atoms with E-state index in [0.717, 1.165) is 5.56 Å². The van der Waals surface area contributed by atoms with Crippen LogP contribution >= 0.6 is 11.6 Å². The van der Waals surface area contributed by atoms with Crippen LogP contribution in [0.2, 0.25) is 5.02 Å². The molecule has 0 saturated carbocycles. The van der Waals surface area contributed by atoms with E-state index in [2.05, 4.69) is 16.5 Å². The van der Waals surface area contributed by atoms with Gasteiger partial charge in [-0.3, -0.25) is 14.9 Å². The molecule has 8 nitrogen and oxygen atoms in total. The van der Waals surface area contributed by atoms with E-state index in [1.807, 2.05) is 12.1 Å². The number of hydrogen-bond acceptors (Lipinski definition) is 6. The first-order chi connectivity index (χ1) is 17.3. The van der Waals surface area contributed by atoms with E-state index >= 15 is 0 Å². The maximum atomic E-state index is 14.6. The summed E-state index contributed by atoms with van der Waals surface area (Å²) >= 11 is 6.22. The zero-order chi connectivity index (χ0) is 25.4. The number of nitrogens with zero attached hydrogens (tertiary/aromatic N) is 4. The molecule has 10 heteroatoms. The van der Waals surface area contributed by atoms with Gasteiger partial charge in [-0.1, -0.05) is 41.0 Å². The third-order valence-corrected chi connectivity index (χ3v) is 7.32. The van der Waals surface area contributed by atoms with E-state index in [4.69, 9.17) is 16.1 Å². The molecule has 3 aromatic rings. The van der Waals surface area contributed by atoms with Gasteiger partial charge in [0.25, 0.3) is 5.91 Å². The lowest BCUT2D eigenvalue weighted by Crippen LogP contribution is -2.59. The van der Waals surface area contributed by atoms with E-state index in [0.29, 0.717) is 38.0 Å². The Kier molecular flexibility index (Phi) is 6.24. The Hall–Kier alpha value is -3.74. The largest absolute Gasteiger partial charge is 0.360 e. The number of aryl methyl sites for hydroxylation is 1. The van der Waals surface area contributed by atoms with Gasteiger partial charge in [0, 0.05) is 32.5 Å². The van der Waals surface area contributed by atoms with Crippen LogP contribution in [0.25, 0.3) is 11.3 Å². The molecule has 184 valence electrons. The second-order valence-electron chi connectivity index (χ2n) is 8.99. The van der Waals surface area contributed by atoms with Gasteiger partial charge in [0.15, 0.2) is 0 Å². The Morgan fingerprint density at radius 3 is 2.72 bits per heavy atom. The highest BCUT2D eigenvalue weighted by Crippen LogP contribution is 2.36. The zero-order valence-electron chi connectivity index (χ0n) is 19.6. The fraction of sp³-hybridized carbons (Fsp3) is 0.308. The predicted octanol–water partition coefficient (Wildman–Crippen LogP) is 3.88. The molecule has 1 spiro atoms. The van der Waals surface area contributed by atoms with Gasteiger partial charge in [-0.15, -0.1) is 0 Å². The molecule has 2 saturated heterocycles. The number of nitrogens with one attached hydrogen (secondary N) is 1. The van der Waals surface area contributed by atoms with Crippen LogP contribution < -0.4 is 5.32 Å². The second kappa shape index (κ2) is 9.37. The van der Waals surface area contributed by atoms with Crippen LogP contribution in [-0.4, -0.2) is 52.1 Å². The lowest BCUT2D eigenvalue weighted by molar-refractivity contribution is -0.132. The van der Waals surface area contributed by atoms with Gasteiger partial charge in [0.1, 0.15) is 22.8 Å². The van der Waals surface area contributed by atoms with Gasteiger partial charge >= 0.3 is 0 Å². The molecular weight excluding hydrogens is 485 g/mol. The molecule has 2 fully saturated rings. The number of halogens is 2. The molecule has 0 atom stereocenters. The van der Waals surface area contributed by atoms with Crippen molar-refractivity contribution in [2.75, 3.05) is 19.6 Å². The summed E-state index contributed by atoms with van der Waals surface area (Å²) in [6.45, 7) is 2.85. The summed E-state index contributed by atoms with van der Waals surface area (Å²) in [6.07, 6.45) is 0.999. The molecule has 36 heavy (non-hydrogen) atoms. The third-order valence-electron chi connectivity index (χ3n) is 7.01. The molecule has 0 radical (unpaired) electrons. The van der Waals surface area contributed by atoms with Crippen molar-refractivity contribution < 1.29 is 18.5 Å². The Labute approximate surface area is 212 Å². The summed E-state index contributed by atoms with van der Waals surface area (Å²) in [7, 11) is 0. The number of aromatic nitrogens is 1. The molecular formula is C26H23ClFN5O3. The monoisotopic (exact) mass is 507 g/mol. The Bertz CT molecular complexity index is 1370. The number of amides is 2. The highest BCUT2D eigenvalue weighted by atomic mass is 35.5. The molecule has 3 heterocycles. The van der Waals surface area contributed by atoms with E-state index in [-0.39, 0.29) is 46.0 Å². The van der Waals surface area contributed by atoms with Crippen molar-refractivity contribution in [3.63, 3.8) is 0 Å². The Morgan fingerprint density at radius 2 is 2.00 bits per heavy atom. The van der Waals surface area contributed by atoms with Crippen LogP contribution in [0.4, 0.5) is 4.39 Å². The number of rotatable bonds is 4. The first kappa shape index (κ1) is 24.0. The average Bonchev–Trinajstić information content (AvgIpc) is 3.39. The van der Waals surface area contributed by atoms with Crippen LogP contribution in [-0.2, 0) is 11.3 Å². The first-order valence-corrected chi connectivity index (χ1v) is 12.0. The topological polar surface area (TPSA) is 102 Å². The summed E-state index contributed by atoms with van der Waals surface area (Å²) in [4.78, 5) is 29.8. The van der Waals surface area contributed by atoms with Crippen LogP contribution in [0, 0.1) is 24.1 Å². The fourth-order valence-corrected chi connectivity index (χ4v) is 5.30. The van der Waals surface area contributed by atoms with E-state index in [9.17, 15) is 19.2 Å². The smallest absolute Gasteiger partial charge is 0.259 e. The molecule has 0 unspecified atom stereocenters.